The van der Waals surface area contributed by atoms with Crippen molar-refractivity contribution in [3.63, 3.8) is 0 Å². The number of hydrogen-bond acceptors (Lipinski definition) is 4. The fourth-order valence-electron chi connectivity index (χ4n) is 0.999. The molecule has 1 N–H and O–H groups in total. The molecule has 0 atom stereocenters. The molecule has 2 aromatic rings. The summed E-state index contributed by atoms with van der Waals surface area (Å²) < 4.78 is 0. The Labute approximate surface area is 105 Å². The normalized spacial score (nSPS) is 9.14. The van der Waals surface area contributed by atoms with Crippen LogP contribution in [0.1, 0.15) is 1.43 Å². The summed E-state index contributed by atoms with van der Waals surface area (Å²) >= 11 is 0. The molecule has 5 heteroatoms. The van der Waals surface area contributed by atoms with Gasteiger partial charge in [-0.25, -0.2) is 15.0 Å². The van der Waals surface area contributed by atoms with Crippen LogP contribution in [-0.2, 0) is 0 Å². The van der Waals surface area contributed by atoms with Gasteiger partial charge in [0.2, 0.25) is 0 Å². The average Bonchev–Trinajstić information content (AvgIpc) is 2.20. The van der Waals surface area contributed by atoms with E-state index in [9.17, 15) is 0 Å². The number of aromatic hydroxyl groups is 1. The molecule has 0 fully saturated rings. The van der Waals surface area contributed by atoms with Gasteiger partial charge in [-0.2, -0.15) is 0 Å². The minimum Gasteiger partial charge on any atom is -1.00 e. The van der Waals surface area contributed by atoms with E-state index in [0.29, 0.717) is 5.82 Å². The summed E-state index contributed by atoms with van der Waals surface area (Å²) in [6.45, 7) is 0. The Bertz CT molecular complexity index is 396. The van der Waals surface area contributed by atoms with E-state index in [1.807, 2.05) is 0 Å². The second-order valence-corrected chi connectivity index (χ2v) is 2.51. The van der Waals surface area contributed by atoms with Crippen molar-refractivity contribution in [2.24, 2.45) is 0 Å². The zero-order valence-corrected chi connectivity index (χ0v) is 9.75. The fraction of sp³-hybridized carbons (Fsp3) is 0. The van der Waals surface area contributed by atoms with Gasteiger partial charge in [-0.15, -0.1) is 0 Å². The molecule has 1 heterocycles. The van der Waals surface area contributed by atoms with Gasteiger partial charge in [0.15, 0.2) is 5.82 Å². The van der Waals surface area contributed by atoms with E-state index in [4.69, 9.17) is 5.11 Å². The molecule has 1 aromatic heterocycles. The monoisotopic (exact) mass is 197 g/mol. The summed E-state index contributed by atoms with van der Waals surface area (Å²) in [5.74, 6) is 0.841. The van der Waals surface area contributed by atoms with Crippen LogP contribution >= 0.6 is 0 Å². The number of hydrogen-bond donors (Lipinski definition) is 1. The molecule has 0 saturated carbocycles. The molecule has 14 heavy (non-hydrogen) atoms. The molecule has 0 radical (unpaired) electrons. The van der Waals surface area contributed by atoms with Crippen molar-refractivity contribution in [1.29, 1.82) is 0 Å². The van der Waals surface area contributed by atoms with Crippen molar-refractivity contribution in [2.45, 2.75) is 0 Å². The van der Waals surface area contributed by atoms with E-state index in [2.05, 4.69) is 15.0 Å². The number of rotatable bonds is 1. The third-order valence-electron chi connectivity index (χ3n) is 1.62. The number of phenols is 1. The fourth-order valence-corrected chi connectivity index (χ4v) is 0.999. The maximum absolute atomic E-state index is 9.05. The molecule has 0 saturated heterocycles. The largest absolute Gasteiger partial charge is 1.00 e. The van der Waals surface area contributed by atoms with Crippen LogP contribution in [0.5, 0.6) is 5.75 Å². The van der Waals surface area contributed by atoms with Crippen LogP contribution in [-0.4, -0.2) is 20.1 Å². The van der Waals surface area contributed by atoms with Crippen molar-refractivity contribution in [3.05, 3.63) is 36.9 Å². The predicted octanol–water partition coefficient (Wildman–Crippen LogP) is -1.64. The van der Waals surface area contributed by atoms with Gasteiger partial charge in [-0.3, -0.25) is 0 Å². The third kappa shape index (κ3) is 2.51. The van der Waals surface area contributed by atoms with Gasteiger partial charge in [-0.1, -0.05) is 0 Å². The smallest absolute Gasteiger partial charge is 1.00 e. The van der Waals surface area contributed by atoms with Crippen LogP contribution < -0.4 is 29.6 Å². The Morgan fingerprint density at radius 2 is 1.57 bits per heavy atom. The van der Waals surface area contributed by atoms with Crippen molar-refractivity contribution < 1.29 is 36.1 Å². The van der Waals surface area contributed by atoms with E-state index in [1.165, 1.54) is 12.7 Å². The minimum absolute atomic E-state index is 0. The molecule has 0 unspecified atom stereocenters. The Hall–Kier alpha value is -0.970. The standard InChI is InChI=1S/C9H7N3O.Na.H/c13-8-3-1-7(2-4-8)9-11-5-10-6-12-9;;/h1-6,13H;;/q;+1;-1. The molecule has 0 spiro atoms. The molecule has 2 rings (SSSR count). The van der Waals surface area contributed by atoms with Gasteiger partial charge >= 0.3 is 29.6 Å². The molecular formula is C9H8N3NaO. The van der Waals surface area contributed by atoms with Gasteiger partial charge in [-0.05, 0) is 24.3 Å². The van der Waals surface area contributed by atoms with Crippen molar-refractivity contribution in [2.75, 3.05) is 0 Å². The topological polar surface area (TPSA) is 58.9 Å². The zero-order chi connectivity index (χ0) is 9.10. The summed E-state index contributed by atoms with van der Waals surface area (Å²) in [6, 6.07) is 6.70. The summed E-state index contributed by atoms with van der Waals surface area (Å²) in [4.78, 5) is 11.7. The van der Waals surface area contributed by atoms with E-state index in [-0.39, 0.29) is 36.7 Å². The van der Waals surface area contributed by atoms with E-state index >= 15 is 0 Å². The van der Waals surface area contributed by atoms with Crippen LogP contribution in [0.15, 0.2) is 36.9 Å². The summed E-state index contributed by atoms with van der Waals surface area (Å²) in [5.41, 5.74) is 0.861. The molecule has 0 aliphatic carbocycles. The molecule has 0 aliphatic heterocycles. The number of phenolic OH excluding ortho intramolecular Hbond substituents is 1. The average molecular weight is 197 g/mol. The van der Waals surface area contributed by atoms with Gasteiger partial charge in [0, 0.05) is 5.56 Å². The van der Waals surface area contributed by atoms with Crippen LogP contribution in [0.2, 0.25) is 0 Å². The van der Waals surface area contributed by atoms with Crippen LogP contribution in [0.4, 0.5) is 0 Å². The zero-order valence-electron chi connectivity index (χ0n) is 8.75. The Morgan fingerprint density at radius 1 is 1.00 bits per heavy atom. The first-order valence-electron chi connectivity index (χ1n) is 3.77. The van der Waals surface area contributed by atoms with Crippen molar-refractivity contribution >= 4 is 0 Å². The van der Waals surface area contributed by atoms with Gasteiger partial charge < -0.3 is 6.53 Å². The van der Waals surface area contributed by atoms with Gasteiger partial charge in [0.05, 0.1) is 0 Å². The van der Waals surface area contributed by atoms with Crippen molar-refractivity contribution in [1.82, 2.24) is 15.0 Å². The molecule has 66 valence electrons. The minimum atomic E-state index is 0. The number of aromatic nitrogens is 3. The molecule has 0 bridgehead atoms. The summed E-state index contributed by atoms with van der Waals surface area (Å²) in [7, 11) is 0. The first kappa shape index (κ1) is 11.1. The molecule has 0 aliphatic rings. The Kier molecular flexibility index (Phi) is 4.00. The van der Waals surface area contributed by atoms with Gasteiger partial charge in [0.1, 0.15) is 18.4 Å². The van der Waals surface area contributed by atoms with E-state index < -0.39 is 0 Å². The second-order valence-electron chi connectivity index (χ2n) is 2.51. The predicted molar refractivity (Wildman–Crippen MR) is 48.0 cm³/mol. The molecule has 4 nitrogen and oxygen atoms in total. The van der Waals surface area contributed by atoms with Crippen molar-refractivity contribution in [3.8, 4) is 17.1 Å². The Morgan fingerprint density at radius 3 is 2.14 bits per heavy atom. The Balaban J connectivity index is 0.000000980. The number of benzene rings is 1. The third-order valence-corrected chi connectivity index (χ3v) is 1.62. The SMILES string of the molecule is Oc1ccc(-c2ncncn2)cc1.[H-].[Na+]. The van der Waals surface area contributed by atoms with E-state index in [0.717, 1.165) is 5.56 Å². The maximum atomic E-state index is 9.05. The molecule has 0 amide bonds. The van der Waals surface area contributed by atoms with Crippen LogP contribution in [0.25, 0.3) is 11.4 Å². The molecular weight excluding hydrogens is 189 g/mol. The first-order valence-corrected chi connectivity index (χ1v) is 3.77. The number of nitrogens with zero attached hydrogens (tertiary/aromatic N) is 3. The van der Waals surface area contributed by atoms with Crippen LogP contribution in [0.3, 0.4) is 0 Å². The quantitative estimate of drug-likeness (QED) is 0.557. The maximum Gasteiger partial charge on any atom is 1.00 e. The second kappa shape index (κ2) is 5.05. The summed E-state index contributed by atoms with van der Waals surface area (Å²) in [5, 5.41) is 9.05. The van der Waals surface area contributed by atoms with Gasteiger partial charge in [0.25, 0.3) is 0 Å². The molecule has 1 aromatic carbocycles. The first-order chi connectivity index (χ1) is 6.36. The van der Waals surface area contributed by atoms with Crippen LogP contribution in [0, 0.1) is 0 Å². The van der Waals surface area contributed by atoms with E-state index in [1.54, 1.807) is 24.3 Å². The summed E-state index contributed by atoms with van der Waals surface area (Å²) in [6.07, 6.45) is 2.88.